The van der Waals surface area contributed by atoms with E-state index in [9.17, 15) is 30.1 Å². The van der Waals surface area contributed by atoms with E-state index in [4.69, 9.17) is 5.11 Å². The summed E-state index contributed by atoms with van der Waals surface area (Å²) in [6, 6.07) is 0.909. The number of aromatic carboxylic acids is 1. The highest BCUT2D eigenvalue weighted by Gasteiger charge is 2.21. The fourth-order valence-electron chi connectivity index (χ4n) is 0.999. The zero-order valence-corrected chi connectivity index (χ0v) is 9.68. The first-order valence-electron chi connectivity index (χ1n) is 4.58. The van der Waals surface area contributed by atoms with Crippen molar-refractivity contribution in [2.45, 2.75) is 0 Å². The molecule has 0 saturated carbocycles. The molecule has 12 heteroatoms. The monoisotopic (exact) mass is 287 g/mol. The minimum absolute atomic E-state index is 0.0833. The predicted molar refractivity (Wildman–Crippen MR) is 61.5 cm³/mol. The highest BCUT2D eigenvalue weighted by Crippen LogP contribution is 2.31. The number of carboxylic acids is 1. The quantitative estimate of drug-likeness (QED) is 0.196. The van der Waals surface area contributed by atoms with Gasteiger partial charge in [0.2, 0.25) is 0 Å². The minimum atomic E-state index is -1.75. The molecule has 20 heavy (non-hydrogen) atoms. The number of hydrogen-bond donors (Lipinski definition) is 4. The molecule has 0 unspecified atom stereocenters. The number of nitro groups is 2. The Balaban J connectivity index is 0.000000796. The van der Waals surface area contributed by atoms with Gasteiger partial charge in [-0.2, -0.15) is 0 Å². The number of rotatable bonds is 3. The molecule has 1 aromatic rings. The Hall–Kier alpha value is -3.44. The van der Waals surface area contributed by atoms with Gasteiger partial charge in [-0.3, -0.25) is 37.1 Å². The Morgan fingerprint density at radius 2 is 1.65 bits per heavy atom. The van der Waals surface area contributed by atoms with Gasteiger partial charge < -0.3 is 10.2 Å². The Bertz CT molecular complexity index is 546. The van der Waals surface area contributed by atoms with Crippen LogP contribution in [0.4, 0.5) is 11.4 Å². The lowest BCUT2D eigenvalue weighted by atomic mass is 10.1. The van der Waals surface area contributed by atoms with Crippen molar-refractivity contribution in [3.63, 3.8) is 0 Å². The third-order valence-corrected chi connectivity index (χ3v) is 1.69. The maximum atomic E-state index is 11.2. The first kappa shape index (κ1) is 16.6. The van der Waals surface area contributed by atoms with Crippen molar-refractivity contribution >= 4 is 23.3 Å². The molecule has 0 aliphatic carbocycles. The molecule has 0 saturated heterocycles. The Labute approximate surface area is 110 Å². The van der Waals surface area contributed by atoms with Gasteiger partial charge in [0.05, 0.1) is 21.5 Å². The average Bonchev–Trinajstić information content (AvgIpc) is 2.27. The molecule has 0 aromatic heterocycles. The van der Waals surface area contributed by atoms with Crippen LogP contribution in [-0.2, 0) is 0 Å². The zero-order valence-electron chi connectivity index (χ0n) is 9.68. The molecule has 0 heterocycles. The normalized spacial score (nSPS) is 9.00. The summed E-state index contributed by atoms with van der Waals surface area (Å²) in [5.41, 5.74) is 6.22. The third kappa shape index (κ3) is 4.44. The molecule has 0 radical (unpaired) electrons. The summed E-state index contributed by atoms with van der Waals surface area (Å²) < 4.78 is 0. The number of benzene rings is 1. The number of non-ortho nitro benzene ring substituents is 1. The number of carbonyl (C=O) groups is 1. The summed E-state index contributed by atoms with van der Waals surface area (Å²) in [5, 5.41) is 45.0. The van der Waals surface area contributed by atoms with E-state index in [0.29, 0.717) is 12.1 Å². The number of guanidine groups is 1. The van der Waals surface area contributed by atoms with Crippen LogP contribution in [0.25, 0.3) is 0 Å². The molecule has 0 fully saturated rings. The summed E-state index contributed by atoms with van der Waals surface area (Å²) in [6.45, 7) is 0. The van der Waals surface area contributed by atoms with Gasteiger partial charge in [-0.25, -0.2) is 4.79 Å². The number of carboxylic acid groups (broad SMARTS) is 1. The van der Waals surface area contributed by atoms with E-state index >= 15 is 0 Å². The van der Waals surface area contributed by atoms with Gasteiger partial charge in [0, 0.05) is 6.07 Å². The van der Waals surface area contributed by atoms with Crippen LogP contribution >= 0.6 is 0 Å². The first-order chi connectivity index (χ1) is 9.07. The largest absolute Gasteiger partial charge is 0.867 e. The second-order valence-corrected chi connectivity index (χ2v) is 3.16. The van der Waals surface area contributed by atoms with Crippen molar-refractivity contribution in [2.75, 3.05) is 0 Å². The third-order valence-electron chi connectivity index (χ3n) is 1.69. The highest BCUT2D eigenvalue weighted by molar-refractivity contribution is 5.93. The average molecular weight is 287 g/mol. The first-order valence-corrected chi connectivity index (χ1v) is 4.58. The lowest BCUT2D eigenvalue weighted by Gasteiger charge is -2.09. The summed E-state index contributed by atoms with van der Waals surface area (Å²) in [4.78, 5) is 29.1. The fourth-order valence-corrected chi connectivity index (χ4v) is 0.999. The summed E-state index contributed by atoms with van der Waals surface area (Å²) in [6.07, 6.45) is 0. The van der Waals surface area contributed by atoms with Gasteiger partial charge in [-0.15, -0.1) is 0 Å². The van der Waals surface area contributed by atoms with E-state index in [0.717, 1.165) is 0 Å². The molecule has 0 atom stereocenters. The molecule has 0 spiro atoms. The lowest BCUT2D eigenvalue weighted by Crippen LogP contribution is -2.51. The van der Waals surface area contributed by atoms with Gasteiger partial charge in [0.1, 0.15) is 0 Å². The topological polar surface area (TPSA) is 224 Å². The molecule has 0 amide bonds. The van der Waals surface area contributed by atoms with Crippen LogP contribution in [-0.4, -0.2) is 26.9 Å². The Morgan fingerprint density at radius 1 is 1.20 bits per heavy atom. The highest BCUT2D eigenvalue weighted by atomic mass is 16.6. The lowest BCUT2D eigenvalue weighted by molar-refractivity contribution is -0.403. The number of nitrogens with zero attached hydrogens (tertiary/aromatic N) is 2. The molecule has 0 aliphatic rings. The van der Waals surface area contributed by atoms with Crippen LogP contribution in [0, 0.1) is 20.2 Å². The van der Waals surface area contributed by atoms with E-state index in [1.54, 1.807) is 0 Å². The number of nitrogens with two attached hydrogens (primary N) is 3. The summed E-state index contributed by atoms with van der Waals surface area (Å²) in [7, 11) is 0. The molecular formula is C8H9N5O7. The smallest absolute Gasteiger partial charge is 0.336 e. The van der Waals surface area contributed by atoms with Crippen molar-refractivity contribution < 1.29 is 30.3 Å². The van der Waals surface area contributed by atoms with Crippen molar-refractivity contribution in [2.24, 2.45) is 11.5 Å². The molecule has 12 nitrogen and oxygen atoms in total. The van der Waals surface area contributed by atoms with Crippen LogP contribution in [0.5, 0.6) is 5.75 Å². The van der Waals surface area contributed by atoms with Crippen LogP contribution in [0.15, 0.2) is 12.1 Å². The van der Waals surface area contributed by atoms with Gasteiger partial charge in [-0.05, 0) is 5.75 Å². The molecule has 7 N–H and O–H groups in total. The van der Waals surface area contributed by atoms with Crippen LogP contribution in [0.1, 0.15) is 10.4 Å². The maximum Gasteiger partial charge on any atom is 0.336 e. The second-order valence-electron chi connectivity index (χ2n) is 3.16. The minimum Gasteiger partial charge on any atom is -0.867 e. The molecule has 0 aliphatic heterocycles. The second kappa shape index (κ2) is 6.48. The van der Waals surface area contributed by atoms with Crippen molar-refractivity contribution in [1.82, 2.24) is 0 Å². The van der Waals surface area contributed by atoms with E-state index in [-0.39, 0.29) is 5.96 Å². The van der Waals surface area contributed by atoms with Crippen LogP contribution in [0.2, 0.25) is 0 Å². The van der Waals surface area contributed by atoms with Crippen LogP contribution in [0.3, 0.4) is 0 Å². The standard InChI is InChI=1S/C7H4N2O7.CH5N3/c10-6-4(7(11)12)1-3(8(13)14)2-5(6)9(15)16;2-1(3)4/h1-2,10H,(H,11,12);(H5,2,3,4). The Kier molecular flexibility index (Phi) is 5.37. The van der Waals surface area contributed by atoms with Crippen molar-refractivity contribution in [3.8, 4) is 5.75 Å². The predicted octanol–water partition coefficient (Wildman–Crippen LogP) is -2.71. The molecule has 1 rings (SSSR count). The molecule has 1 aromatic carbocycles. The van der Waals surface area contributed by atoms with Gasteiger partial charge >= 0.3 is 11.9 Å². The van der Waals surface area contributed by atoms with E-state index in [2.05, 4.69) is 16.9 Å². The van der Waals surface area contributed by atoms with E-state index in [1.165, 1.54) is 0 Å². The number of hydrogen-bond acceptors (Lipinski definition) is 6. The molecule has 0 bridgehead atoms. The van der Waals surface area contributed by atoms with Gasteiger partial charge in [0.25, 0.3) is 11.4 Å². The van der Waals surface area contributed by atoms with E-state index < -0.39 is 38.5 Å². The maximum absolute atomic E-state index is 11.2. The zero-order chi connectivity index (χ0) is 16.0. The summed E-state index contributed by atoms with van der Waals surface area (Å²) in [5.74, 6) is -3.19. The number of nitro benzene ring substituents is 2. The molecule has 108 valence electrons. The van der Waals surface area contributed by atoms with Gasteiger partial charge in [-0.1, -0.05) is 0 Å². The molecular weight excluding hydrogens is 278 g/mol. The van der Waals surface area contributed by atoms with Crippen molar-refractivity contribution in [3.05, 3.63) is 37.9 Å². The fraction of sp³-hybridized carbons (Fsp3) is 0. The van der Waals surface area contributed by atoms with E-state index in [1.807, 2.05) is 0 Å². The van der Waals surface area contributed by atoms with Crippen LogP contribution < -0.4 is 22.0 Å². The summed E-state index contributed by atoms with van der Waals surface area (Å²) >= 11 is 0. The SMILES string of the molecule is NC(N)=[NH2+].O=C(O)c1cc([N+](=O)[O-])cc([N+](=O)[O-])c1[O-]. The van der Waals surface area contributed by atoms with Crippen molar-refractivity contribution in [1.29, 1.82) is 0 Å². The van der Waals surface area contributed by atoms with Gasteiger partial charge in [0.15, 0.2) is 0 Å². The Morgan fingerprint density at radius 3 is 1.95 bits per heavy atom.